The molecule has 0 aliphatic carbocycles. The Labute approximate surface area is 626 Å². The van der Waals surface area contributed by atoms with Crippen molar-refractivity contribution in [2.45, 2.75) is 446 Å². The fourth-order valence-electron chi connectivity index (χ4n) is 12.8. The summed E-state index contributed by atoms with van der Waals surface area (Å²) in [6, 6.07) is 0. The van der Waals surface area contributed by atoms with E-state index in [0.717, 1.165) is 114 Å². The van der Waals surface area contributed by atoms with Gasteiger partial charge in [0.15, 0.2) is 12.2 Å². The number of carbonyl (C=O) groups is 4. The molecule has 3 N–H and O–H groups in total. The fraction of sp³-hybridized carbons (Fsp3) is 0.952. The van der Waals surface area contributed by atoms with Crippen molar-refractivity contribution in [1.82, 2.24) is 0 Å². The van der Waals surface area contributed by atoms with Gasteiger partial charge in [0.25, 0.3) is 0 Å². The van der Waals surface area contributed by atoms with Crippen molar-refractivity contribution >= 4 is 39.5 Å². The van der Waals surface area contributed by atoms with E-state index in [1.165, 1.54) is 231 Å². The van der Waals surface area contributed by atoms with Gasteiger partial charge in [0.05, 0.1) is 26.4 Å². The maximum atomic E-state index is 13.1. The molecule has 606 valence electrons. The monoisotopic (exact) mass is 1490 g/mol. The molecular formula is C83H162O17P2. The first-order valence-corrected chi connectivity index (χ1v) is 45.7. The van der Waals surface area contributed by atoms with Gasteiger partial charge in [-0.15, -0.1) is 0 Å². The first-order valence-electron chi connectivity index (χ1n) is 42.7. The Bertz CT molecular complexity index is 1990. The van der Waals surface area contributed by atoms with Crippen LogP contribution in [0.25, 0.3) is 0 Å². The molecule has 0 bridgehead atoms. The molecule has 0 saturated heterocycles. The van der Waals surface area contributed by atoms with E-state index in [2.05, 4.69) is 55.4 Å². The molecule has 19 heteroatoms. The number of hydrogen-bond donors (Lipinski definition) is 3. The zero-order valence-corrected chi connectivity index (χ0v) is 69.0. The zero-order valence-electron chi connectivity index (χ0n) is 67.2. The third-order valence-corrected chi connectivity index (χ3v) is 21.2. The van der Waals surface area contributed by atoms with Gasteiger partial charge >= 0.3 is 39.5 Å². The lowest BCUT2D eigenvalue weighted by Gasteiger charge is -2.21. The van der Waals surface area contributed by atoms with Crippen LogP contribution in [0.1, 0.15) is 428 Å². The van der Waals surface area contributed by atoms with Crippen LogP contribution in [-0.4, -0.2) is 96.7 Å². The van der Waals surface area contributed by atoms with Gasteiger partial charge in [-0.2, -0.15) is 0 Å². The second-order valence-corrected chi connectivity index (χ2v) is 34.7. The van der Waals surface area contributed by atoms with E-state index >= 15 is 0 Å². The fourth-order valence-corrected chi connectivity index (χ4v) is 14.4. The third kappa shape index (κ3) is 76.3. The van der Waals surface area contributed by atoms with Crippen molar-refractivity contribution in [3.8, 4) is 0 Å². The summed E-state index contributed by atoms with van der Waals surface area (Å²) < 4.78 is 68.8. The lowest BCUT2D eigenvalue weighted by atomic mass is 10.0. The number of unbranched alkanes of at least 4 members (excludes halogenated alkanes) is 46. The van der Waals surface area contributed by atoms with Crippen molar-refractivity contribution in [2.75, 3.05) is 39.6 Å². The Hall–Kier alpha value is -1.94. The summed E-state index contributed by atoms with van der Waals surface area (Å²) in [5.41, 5.74) is 0. The molecule has 102 heavy (non-hydrogen) atoms. The third-order valence-electron chi connectivity index (χ3n) is 19.3. The minimum absolute atomic E-state index is 0.106. The van der Waals surface area contributed by atoms with E-state index in [-0.39, 0.29) is 25.7 Å². The van der Waals surface area contributed by atoms with E-state index in [4.69, 9.17) is 37.0 Å². The quantitative estimate of drug-likeness (QED) is 0.0222. The van der Waals surface area contributed by atoms with Gasteiger partial charge in [0.1, 0.15) is 19.3 Å². The summed E-state index contributed by atoms with van der Waals surface area (Å²) in [5, 5.41) is 10.7. The summed E-state index contributed by atoms with van der Waals surface area (Å²) in [7, 11) is -9.93. The van der Waals surface area contributed by atoms with Gasteiger partial charge in [0.2, 0.25) is 0 Å². The van der Waals surface area contributed by atoms with E-state index in [1.54, 1.807) is 0 Å². The summed E-state index contributed by atoms with van der Waals surface area (Å²) >= 11 is 0. The maximum absolute atomic E-state index is 13.1. The van der Waals surface area contributed by atoms with Crippen LogP contribution >= 0.6 is 15.6 Å². The molecule has 17 nitrogen and oxygen atoms in total. The van der Waals surface area contributed by atoms with Crippen LogP contribution in [0.3, 0.4) is 0 Å². The van der Waals surface area contributed by atoms with Crippen molar-refractivity contribution < 1.29 is 80.2 Å². The second kappa shape index (κ2) is 72.0. The van der Waals surface area contributed by atoms with Crippen LogP contribution in [0.4, 0.5) is 0 Å². The average Bonchev–Trinajstić information content (AvgIpc) is 0.907. The van der Waals surface area contributed by atoms with Crippen molar-refractivity contribution in [1.29, 1.82) is 0 Å². The highest BCUT2D eigenvalue weighted by Gasteiger charge is 2.30. The number of phosphoric acid groups is 2. The van der Waals surface area contributed by atoms with Crippen LogP contribution in [-0.2, 0) is 65.4 Å². The van der Waals surface area contributed by atoms with Gasteiger partial charge in [-0.25, -0.2) is 9.13 Å². The SMILES string of the molecule is CC(C)CCCCCCCCCCCCCCCCCCC(=O)O[C@H](COC(=O)CCCCCCCCCCCCCCCCC(C)C)COP(=O)(O)OC[C@@H](O)COP(=O)(O)OC[C@@H](COC(=O)CCCCCCCCCCC(C)C)OC(=O)CCCCCCCCCCCCCCC(C)C. The normalized spacial score (nSPS) is 14.0. The lowest BCUT2D eigenvalue weighted by molar-refractivity contribution is -0.161. The molecule has 0 aromatic carbocycles. The highest BCUT2D eigenvalue weighted by molar-refractivity contribution is 7.47. The smallest absolute Gasteiger partial charge is 0.462 e. The molecule has 0 spiro atoms. The summed E-state index contributed by atoms with van der Waals surface area (Å²) in [6.07, 6.45) is 59.7. The average molecular weight is 1490 g/mol. The Morgan fingerprint density at radius 3 is 0.608 bits per heavy atom. The minimum atomic E-state index is -4.96. The number of ether oxygens (including phenoxy) is 4. The largest absolute Gasteiger partial charge is 0.472 e. The second-order valence-electron chi connectivity index (χ2n) is 31.8. The van der Waals surface area contributed by atoms with Gasteiger partial charge in [-0.05, 0) is 49.4 Å². The Balaban J connectivity index is 5.26. The molecule has 0 amide bonds. The van der Waals surface area contributed by atoms with E-state index < -0.39 is 97.5 Å². The number of phosphoric ester groups is 2. The van der Waals surface area contributed by atoms with Gasteiger partial charge in [0, 0.05) is 25.7 Å². The first kappa shape index (κ1) is 100. The molecule has 0 aromatic rings. The van der Waals surface area contributed by atoms with Crippen LogP contribution < -0.4 is 0 Å². The molecule has 0 heterocycles. The summed E-state index contributed by atoms with van der Waals surface area (Å²) in [4.78, 5) is 73.1. The molecular weight excluding hydrogens is 1330 g/mol. The number of esters is 4. The Kier molecular flexibility index (Phi) is 70.6. The molecule has 2 unspecified atom stereocenters. The number of carbonyl (C=O) groups excluding carboxylic acids is 4. The summed E-state index contributed by atoms with van der Waals surface area (Å²) in [5.74, 6) is 1.00. The molecule has 0 saturated carbocycles. The predicted molar refractivity (Wildman–Crippen MR) is 418 cm³/mol. The maximum Gasteiger partial charge on any atom is 0.472 e. The highest BCUT2D eigenvalue weighted by Crippen LogP contribution is 2.45. The number of aliphatic hydroxyl groups excluding tert-OH is 1. The number of hydrogen-bond acceptors (Lipinski definition) is 15. The highest BCUT2D eigenvalue weighted by atomic mass is 31.2. The molecule has 0 aromatic heterocycles. The van der Waals surface area contributed by atoms with Crippen LogP contribution in [0, 0.1) is 23.7 Å². The number of rotatable bonds is 80. The molecule has 0 aliphatic rings. The zero-order chi connectivity index (χ0) is 75.3. The van der Waals surface area contributed by atoms with Crippen LogP contribution in [0.15, 0.2) is 0 Å². The van der Waals surface area contributed by atoms with Crippen LogP contribution in [0.2, 0.25) is 0 Å². The van der Waals surface area contributed by atoms with Crippen molar-refractivity contribution in [3.05, 3.63) is 0 Å². The molecule has 0 rings (SSSR count). The van der Waals surface area contributed by atoms with Gasteiger partial charge in [-0.1, -0.05) is 376 Å². The molecule has 0 radical (unpaired) electrons. The van der Waals surface area contributed by atoms with E-state index in [1.807, 2.05) is 0 Å². The van der Waals surface area contributed by atoms with Gasteiger partial charge in [-0.3, -0.25) is 37.3 Å². The molecule has 5 atom stereocenters. The van der Waals surface area contributed by atoms with Gasteiger partial charge < -0.3 is 33.8 Å². The Morgan fingerprint density at radius 1 is 0.245 bits per heavy atom. The van der Waals surface area contributed by atoms with E-state index in [0.29, 0.717) is 25.7 Å². The summed E-state index contributed by atoms with van der Waals surface area (Å²) in [6.45, 7) is 14.3. The molecule has 0 fully saturated rings. The lowest BCUT2D eigenvalue weighted by Crippen LogP contribution is -2.30. The predicted octanol–water partition coefficient (Wildman–Crippen LogP) is 24.8. The van der Waals surface area contributed by atoms with Crippen molar-refractivity contribution in [3.63, 3.8) is 0 Å². The first-order chi connectivity index (χ1) is 49.1. The Morgan fingerprint density at radius 2 is 0.412 bits per heavy atom. The minimum Gasteiger partial charge on any atom is -0.462 e. The van der Waals surface area contributed by atoms with Crippen LogP contribution in [0.5, 0.6) is 0 Å². The van der Waals surface area contributed by atoms with Crippen molar-refractivity contribution in [2.24, 2.45) is 23.7 Å². The van der Waals surface area contributed by atoms with E-state index in [9.17, 15) is 43.2 Å². The topological polar surface area (TPSA) is 237 Å². The molecule has 0 aliphatic heterocycles. The standard InChI is InChI=1S/C83H162O17P2/c1-73(2)59-51-43-35-27-21-15-11-9-10-12-18-25-31-41-49-57-65-82(87)99-78(69-93-80(85)63-55-47-39-30-24-17-14-13-16-22-28-36-44-52-60-74(3)4)71-97-101(89,90)95-67-77(84)68-96-102(91,92)98-72-79(70-94-81(86)64-56-48-40-34-33-38-46-54-62-76(7)8)100-83(88)66-58-50-42-32-26-20-19-23-29-37-45-53-61-75(5)6/h73-79,84H,9-72H2,1-8H3,(H,89,90)(H,91,92)/t77-,78-,79-/m1/s1. The number of aliphatic hydroxyl groups is 1.